The highest BCUT2D eigenvalue weighted by Gasteiger charge is 2.48. The number of rotatable bonds is 4. The average Bonchev–Trinajstić information content (AvgIpc) is 2.86. The number of amides is 3. The Morgan fingerprint density at radius 1 is 1.39 bits per heavy atom. The van der Waals surface area contributed by atoms with Gasteiger partial charge in [0.2, 0.25) is 0 Å². The van der Waals surface area contributed by atoms with E-state index in [9.17, 15) is 9.59 Å². The van der Waals surface area contributed by atoms with Gasteiger partial charge in [-0.15, -0.1) is 11.3 Å². The van der Waals surface area contributed by atoms with Crippen LogP contribution in [0.2, 0.25) is 0 Å². The molecule has 0 radical (unpaired) electrons. The predicted octanol–water partition coefficient (Wildman–Crippen LogP) is 3.12. The number of carbonyl (C=O) groups is 2. The van der Waals surface area contributed by atoms with Crippen LogP contribution in [0.15, 0.2) is 15.2 Å². The quantitative estimate of drug-likeness (QED) is 0.862. The molecular formula is C12H15BrN2O2S. The largest absolute Gasteiger partial charge is 0.325 e. The van der Waals surface area contributed by atoms with E-state index in [0.717, 1.165) is 9.35 Å². The first-order valence-corrected chi connectivity index (χ1v) is 7.56. The maximum absolute atomic E-state index is 12.3. The Morgan fingerprint density at radius 2 is 2.06 bits per heavy atom. The SMILES string of the molecule is CCC1(CC)NC(=O)N(Cc2csc(Br)c2)C1=O. The standard InChI is InChI=1S/C12H15BrN2O2S/c1-3-12(4-2)10(16)15(11(17)14-12)6-8-5-9(13)18-7-8/h5,7H,3-4,6H2,1-2H3,(H,14,17). The molecule has 0 spiro atoms. The molecule has 0 unspecified atom stereocenters. The lowest BCUT2D eigenvalue weighted by molar-refractivity contribution is -0.132. The summed E-state index contributed by atoms with van der Waals surface area (Å²) >= 11 is 4.92. The van der Waals surface area contributed by atoms with Gasteiger partial charge in [0.1, 0.15) is 5.54 Å². The summed E-state index contributed by atoms with van der Waals surface area (Å²) in [6.45, 7) is 4.19. The minimum Gasteiger partial charge on any atom is -0.323 e. The monoisotopic (exact) mass is 330 g/mol. The van der Waals surface area contributed by atoms with Gasteiger partial charge < -0.3 is 5.32 Å². The van der Waals surface area contributed by atoms with Crippen molar-refractivity contribution in [1.82, 2.24) is 10.2 Å². The third-order valence-corrected chi connectivity index (χ3v) is 4.97. The van der Waals surface area contributed by atoms with Crippen molar-refractivity contribution in [3.63, 3.8) is 0 Å². The molecule has 2 rings (SSSR count). The van der Waals surface area contributed by atoms with Gasteiger partial charge in [0.25, 0.3) is 5.91 Å². The van der Waals surface area contributed by atoms with Gasteiger partial charge in [-0.3, -0.25) is 9.69 Å². The zero-order valence-corrected chi connectivity index (χ0v) is 12.7. The molecule has 1 aliphatic heterocycles. The van der Waals surface area contributed by atoms with Crippen molar-refractivity contribution in [2.24, 2.45) is 0 Å². The Labute approximate surface area is 118 Å². The highest BCUT2D eigenvalue weighted by atomic mass is 79.9. The third kappa shape index (κ3) is 2.19. The molecule has 1 N–H and O–H groups in total. The zero-order chi connectivity index (χ0) is 13.3. The van der Waals surface area contributed by atoms with E-state index in [1.54, 1.807) is 11.3 Å². The van der Waals surface area contributed by atoms with Crippen molar-refractivity contribution in [3.05, 3.63) is 20.8 Å². The van der Waals surface area contributed by atoms with Crippen molar-refractivity contribution < 1.29 is 9.59 Å². The number of imide groups is 1. The first-order valence-electron chi connectivity index (χ1n) is 5.89. The summed E-state index contributed by atoms with van der Waals surface area (Å²) in [5.74, 6) is -0.111. The number of hydrogen-bond acceptors (Lipinski definition) is 3. The highest BCUT2D eigenvalue weighted by Crippen LogP contribution is 2.28. The van der Waals surface area contributed by atoms with Gasteiger partial charge >= 0.3 is 6.03 Å². The lowest BCUT2D eigenvalue weighted by Crippen LogP contribution is -2.45. The molecule has 1 fully saturated rings. The van der Waals surface area contributed by atoms with E-state index in [0.29, 0.717) is 19.4 Å². The maximum atomic E-state index is 12.3. The summed E-state index contributed by atoms with van der Waals surface area (Å²) in [5.41, 5.74) is 0.267. The molecular weight excluding hydrogens is 316 g/mol. The molecule has 3 amide bonds. The van der Waals surface area contributed by atoms with Gasteiger partial charge in [0, 0.05) is 0 Å². The van der Waals surface area contributed by atoms with E-state index in [4.69, 9.17) is 0 Å². The average molecular weight is 331 g/mol. The molecule has 1 saturated heterocycles. The van der Waals surface area contributed by atoms with Crippen LogP contribution in [-0.2, 0) is 11.3 Å². The van der Waals surface area contributed by atoms with E-state index >= 15 is 0 Å². The normalized spacial score (nSPS) is 18.3. The topological polar surface area (TPSA) is 49.4 Å². The molecule has 1 aliphatic rings. The fourth-order valence-electron chi connectivity index (χ4n) is 2.16. The van der Waals surface area contributed by atoms with Crippen LogP contribution >= 0.6 is 27.3 Å². The maximum Gasteiger partial charge on any atom is 0.325 e. The van der Waals surface area contributed by atoms with E-state index in [1.165, 1.54) is 4.90 Å². The van der Waals surface area contributed by atoms with Crippen LogP contribution in [0.4, 0.5) is 4.79 Å². The second-order valence-corrected chi connectivity index (χ2v) is 6.66. The van der Waals surface area contributed by atoms with Crippen molar-refractivity contribution >= 4 is 39.2 Å². The molecule has 1 aromatic rings. The van der Waals surface area contributed by atoms with E-state index in [-0.39, 0.29) is 11.9 Å². The number of carbonyl (C=O) groups excluding carboxylic acids is 2. The van der Waals surface area contributed by atoms with E-state index < -0.39 is 5.54 Å². The molecule has 0 aromatic carbocycles. The minimum absolute atomic E-state index is 0.111. The summed E-state index contributed by atoms with van der Waals surface area (Å²) < 4.78 is 1.00. The first-order chi connectivity index (χ1) is 8.52. The molecule has 0 bridgehead atoms. The van der Waals surface area contributed by atoms with Crippen LogP contribution in [0, 0.1) is 0 Å². The molecule has 18 heavy (non-hydrogen) atoms. The van der Waals surface area contributed by atoms with Gasteiger partial charge in [-0.25, -0.2) is 4.79 Å². The van der Waals surface area contributed by atoms with Crippen molar-refractivity contribution in [3.8, 4) is 0 Å². The number of hydrogen-bond donors (Lipinski definition) is 1. The van der Waals surface area contributed by atoms with Gasteiger partial charge in [0.05, 0.1) is 10.3 Å². The molecule has 0 atom stereocenters. The fraction of sp³-hybridized carbons (Fsp3) is 0.500. The van der Waals surface area contributed by atoms with Gasteiger partial charge in [-0.2, -0.15) is 0 Å². The van der Waals surface area contributed by atoms with E-state index in [2.05, 4.69) is 21.2 Å². The second-order valence-electron chi connectivity index (χ2n) is 4.37. The number of nitrogens with zero attached hydrogens (tertiary/aromatic N) is 1. The molecule has 1 aromatic heterocycles. The summed E-state index contributed by atoms with van der Waals surface area (Å²) in [4.78, 5) is 25.6. The predicted molar refractivity (Wildman–Crippen MR) is 74.4 cm³/mol. The number of nitrogens with one attached hydrogen (secondary N) is 1. The summed E-state index contributed by atoms with van der Waals surface area (Å²) in [6.07, 6.45) is 1.25. The highest BCUT2D eigenvalue weighted by molar-refractivity contribution is 9.11. The van der Waals surface area contributed by atoms with Crippen LogP contribution in [0.5, 0.6) is 0 Å². The Kier molecular flexibility index (Phi) is 3.77. The molecule has 0 aliphatic carbocycles. The summed E-state index contributed by atoms with van der Waals surface area (Å²) in [6, 6.07) is 1.65. The summed E-state index contributed by atoms with van der Waals surface area (Å²) in [7, 11) is 0. The van der Waals surface area contributed by atoms with Gasteiger partial charge in [-0.1, -0.05) is 13.8 Å². The number of halogens is 1. The second kappa shape index (κ2) is 5.01. The third-order valence-electron chi connectivity index (χ3n) is 3.42. The van der Waals surface area contributed by atoms with Crippen LogP contribution in [0.25, 0.3) is 0 Å². The first kappa shape index (κ1) is 13.5. The van der Waals surface area contributed by atoms with Gasteiger partial charge in [-0.05, 0) is 45.8 Å². The van der Waals surface area contributed by atoms with E-state index in [1.807, 2.05) is 25.3 Å². The Morgan fingerprint density at radius 3 is 2.50 bits per heavy atom. The lowest BCUT2D eigenvalue weighted by Gasteiger charge is -2.23. The van der Waals surface area contributed by atoms with Crippen LogP contribution in [-0.4, -0.2) is 22.4 Å². The van der Waals surface area contributed by atoms with Gasteiger partial charge in [0.15, 0.2) is 0 Å². The van der Waals surface area contributed by atoms with Crippen LogP contribution in [0.1, 0.15) is 32.3 Å². The van der Waals surface area contributed by atoms with Crippen molar-refractivity contribution in [2.45, 2.75) is 38.8 Å². The molecule has 6 heteroatoms. The Hall–Kier alpha value is -0.880. The molecule has 0 saturated carbocycles. The Bertz CT molecular complexity index is 482. The van der Waals surface area contributed by atoms with Crippen molar-refractivity contribution in [1.29, 1.82) is 0 Å². The lowest BCUT2D eigenvalue weighted by atomic mass is 9.93. The molecule has 2 heterocycles. The van der Waals surface area contributed by atoms with Crippen LogP contribution < -0.4 is 5.32 Å². The molecule has 4 nitrogen and oxygen atoms in total. The number of urea groups is 1. The smallest absolute Gasteiger partial charge is 0.323 e. The molecule has 98 valence electrons. The zero-order valence-electron chi connectivity index (χ0n) is 10.3. The fourth-order valence-corrected chi connectivity index (χ4v) is 3.36. The van der Waals surface area contributed by atoms with Crippen LogP contribution in [0.3, 0.4) is 0 Å². The van der Waals surface area contributed by atoms with Crippen molar-refractivity contribution in [2.75, 3.05) is 0 Å². The number of thiophene rings is 1. The Balaban J connectivity index is 2.19. The minimum atomic E-state index is -0.704. The summed E-state index contributed by atoms with van der Waals surface area (Å²) in [5, 5.41) is 4.77.